The molecule has 0 aliphatic heterocycles. The number of carbonyl (C=O) groups is 1. The molecule has 2 atom stereocenters. The van der Waals surface area contributed by atoms with Crippen LogP contribution in [0, 0.1) is 16.0 Å². The van der Waals surface area contributed by atoms with Crippen LogP contribution in [-0.2, 0) is 4.79 Å². The number of aromatic nitrogens is 1. The number of rotatable bonds is 5. The molecule has 0 aromatic carbocycles. The van der Waals surface area contributed by atoms with Crippen LogP contribution in [0.3, 0.4) is 0 Å². The fraction of sp³-hybridized carbons (Fsp3) is 0.600. The molecule has 1 heterocycles. The van der Waals surface area contributed by atoms with Gasteiger partial charge in [-0.15, -0.1) is 0 Å². The molecule has 23 heavy (non-hydrogen) atoms. The summed E-state index contributed by atoms with van der Waals surface area (Å²) >= 11 is 6.06. The van der Waals surface area contributed by atoms with Crippen molar-refractivity contribution in [2.45, 2.75) is 50.6 Å². The minimum atomic E-state index is -0.526. The van der Waals surface area contributed by atoms with Crippen molar-refractivity contribution in [3.05, 3.63) is 27.4 Å². The van der Waals surface area contributed by atoms with E-state index in [1.54, 1.807) is 0 Å². The average molecular weight is 339 g/mol. The summed E-state index contributed by atoms with van der Waals surface area (Å²) in [7, 11) is 0. The molecule has 0 bridgehead atoms. The van der Waals surface area contributed by atoms with Gasteiger partial charge in [0.05, 0.1) is 9.95 Å². The highest BCUT2D eigenvalue weighted by Crippen LogP contribution is 2.30. The van der Waals surface area contributed by atoms with Crippen molar-refractivity contribution in [2.75, 3.05) is 5.32 Å². The Morgan fingerprint density at radius 3 is 2.74 bits per heavy atom. The summed E-state index contributed by atoms with van der Waals surface area (Å²) in [4.78, 5) is 26.4. The largest absolute Gasteiger partial charge is 0.366 e. The van der Waals surface area contributed by atoms with Gasteiger partial charge in [-0.2, -0.15) is 0 Å². The first kappa shape index (κ1) is 16.0. The van der Waals surface area contributed by atoms with Gasteiger partial charge in [-0.05, 0) is 32.1 Å². The Morgan fingerprint density at radius 1 is 1.30 bits per heavy atom. The zero-order valence-electron chi connectivity index (χ0n) is 12.6. The summed E-state index contributed by atoms with van der Waals surface area (Å²) < 4.78 is 0. The maximum Gasteiger partial charge on any atom is 0.289 e. The van der Waals surface area contributed by atoms with E-state index in [-0.39, 0.29) is 28.6 Å². The van der Waals surface area contributed by atoms with Crippen molar-refractivity contribution in [1.29, 1.82) is 0 Å². The number of pyridine rings is 1. The van der Waals surface area contributed by atoms with Crippen LogP contribution in [0.25, 0.3) is 0 Å². The second-order valence-electron chi connectivity index (χ2n) is 6.27. The monoisotopic (exact) mass is 338 g/mol. The second-order valence-corrected chi connectivity index (χ2v) is 6.68. The molecule has 1 amide bonds. The maximum absolute atomic E-state index is 12.2. The van der Waals surface area contributed by atoms with E-state index in [0.29, 0.717) is 11.9 Å². The Balaban J connectivity index is 1.60. The molecule has 2 N–H and O–H groups in total. The molecule has 0 spiro atoms. The molecule has 2 saturated carbocycles. The van der Waals surface area contributed by atoms with E-state index < -0.39 is 4.92 Å². The predicted octanol–water partition coefficient (Wildman–Crippen LogP) is 2.89. The Morgan fingerprint density at radius 2 is 2.09 bits per heavy atom. The first-order chi connectivity index (χ1) is 11.0. The Kier molecular flexibility index (Phi) is 4.66. The van der Waals surface area contributed by atoms with Crippen LogP contribution in [0.4, 0.5) is 11.5 Å². The van der Waals surface area contributed by atoms with Gasteiger partial charge >= 0.3 is 0 Å². The van der Waals surface area contributed by atoms with Crippen molar-refractivity contribution >= 4 is 29.0 Å². The lowest BCUT2D eigenvalue weighted by Gasteiger charge is -2.29. The Hall–Kier alpha value is -1.89. The molecule has 0 radical (unpaired) electrons. The zero-order chi connectivity index (χ0) is 16.4. The van der Waals surface area contributed by atoms with Crippen LogP contribution < -0.4 is 10.6 Å². The number of amides is 1. The van der Waals surface area contributed by atoms with E-state index in [2.05, 4.69) is 15.6 Å². The van der Waals surface area contributed by atoms with Crippen molar-refractivity contribution in [1.82, 2.24) is 10.3 Å². The Labute approximate surface area is 139 Å². The summed E-state index contributed by atoms with van der Waals surface area (Å²) in [6.07, 6.45) is 6.89. The third kappa shape index (κ3) is 4.10. The number of anilines is 1. The summed E-state index contributed by atoms with van der Waals surface area (Å²) in [5.41, 5.74) is -0.133. The van der Waals surface area contributed by atoms with Gasteiger partial charge in [0.2, 0.25) is 5.91 Å². The highest BCUT2D eigenvalue weighted by molar-refractivity contribution is 6.33. The normalized spacial score (nSPS) is 24.0. The number of hydrogen-bond acceptors (Lipinski definition) is 5. The number of carbonyl (C=O) groups excluding carboxylic acids is 1. The van der Waals surface area contributed by atoms with Gasteiger partial charge in [0.15, 0.2) is 0 Å². The summed E-state index contributed by atoms with van der Waals surface area (Å²) in [5.74, 6) is 0.589. The summed E-state index contributed by atoms with van der Waals surface area (Å²) in [5, 5.41) is 17.2. The van der Waals surface area contributed by atoms with E-state index in [1.165, 1.54) is 12.3 Å². The lowest BCUT2D eigenvalue weighted by Crippen LogP contribution is -2.38. The van der Waals surface area contributed by atoms with Crippen LogP contribution >= 0.6 is 11.6 Å². The number of hydrogen-bond donors (Lipinski definition) is 2. The minimum Gasteiger partial charge on any atom is -0.366 e. The average Bonchev–Trinajstić information content (AvgIpc) is 3.33. The van der Waals surface area contributed by atoms with Gasteiger partial charge in [0, 0.05) is 24.1 Å². The highest BCUT2D eigenvalue weighted by Gasteiger charge is 2.31. The van der Waals surface area contributed by atoms with E-state index >= 15 is 0 Å². The topological polar surface area (TPSA) is 97.2 Å². The molecule has 7 nitrogen and oxygen atoms in total. The first-order valence-electron chi connectivity index (χ1n) is 7.90. The SMILES string of the molecule is O=C(NC1CC1)[C@H]1CCC[C@H](Nc2ncc([N+](=O)[O-])cc2Cl)C1. The number of nitro groups is 1. The number of nitrogens with zero attached hydrogens (tertiary/aromatic N) is 2. The molecule has 0 saturated heterocycles. The molecule has 2 aliphatic rings. The second kappa shape index (κ2) is 6.70. The number of halogens is 1. The smallest absolute Gasteiger partial charge is 0.289 e. The first-order valence-corrected chi connectivity index (χ1v) is 8.27. The van der Waals surface area contributed by atoms with E-state index in [0.717, 1.165) is 38.5 Å². The van der Waals surface area contributed by atoms with Crippen LogP contribution in [0.5, 0.6) is 0 Å². The van der Waals surface area contributed by atoms with Gasteiger partial charge in [-0.25, -0.2) is 4.98 Å². The van der Waals surface area contributed by atoms with Crippen LogP contribution in [0.15, 0.2) is 12.3 Å². The van der Waals surface area contributed by atoms with E-state index in [4.69, 9.17) is 11.6 Å². The van der Waals surface area contributed by atoms with E-state index in [9.17, 15) is 14.9 Å². The molecule has 3 rings (SSSR count). The summed E-state index contributed by atoms with van der Waals surface area (Å²) in [6.45, 7) is 0. The van der Waals surface area contributed by atoms with Gasteiger partial charge < -0.3 is 10.6 Å². The highest BCUT2D eigenvalue weighted by atomic mass is 35.5. The van der Waals surface area contributed by atoms with Crippen molar-refractivity contribution in [3.8, 4) is 0 Å². The van der Waals surface area contributed by atoms with Gasteiger partial charge in [-0.3, -0.25) is 14.9 Å². The fourth-order valence-electron chi connectivity index (χ4n) is 2.93. The third-order valence-corrected chi connectivity index (χ3v) is 4.64. The molecular formula is C15H19ClN4O3. The Bertz CT molecular complexity index is 621. The molecule has 1 aromatic rings. The lowest BCUT2D eigenvalue weighted by molar-refractivity contribution is -0.385. The fourth-order valence-corrected chi connectivity index (χ4v) is 3.15. The molecule has 2 aliphatic carbocycles. The van der Waals surface area contributed by atoms with Crippen LogP contribution in [0.2, 0.25) is 5.02 Å². The summed E-state index contributed by atoms with van der Waals surface area (Å²) in [6, 6.07) is 1.77. The molecule has 124 valence electrons. The predicted molar refractivity (Wildman–Crippen MR) is 86.4 cm³/mol. The lowest BCUT2D eigenvalue weighted by atomic mass is 9.85. The quantitative estimate of drug-likeness (QED) is 0.635. The van der Waals surface area contributed by atoms with Crippen molar-refractivity contribution < 1.29 is 9.72 Å². The molecule has 8 heteroatoms. The molecular weight excluding hydrogens is 320 g/mol. The molecule has 0 unspecified atom stereocenters. The van der Waals surface area contributed by atoms with Crippen LogP contribution in [-0.4, -0.2) is 27.9 Å². The zero-order valence-corrected chi connectivity index (χ0v) is 13.4. The van der Waals surface area contributed by atoms with Gasteiger partial charge in [-0.1, -0.05) is 18.0 Å². The molecule has 1 aromatic heterocycles. The standard InChI is InChI=1S/C15H19ClN4O3/c16-13-7-12(20(22)23)8-17-14(13)18-11-3-1-2-9(6-11)15(21)19-10-4-5-10/h7-11H,1-6H2,(H,17,18)(H,19,21)/t9-,11-/m0/s1. The van der Waals surface area contributed by atoms with E-state index in [1.807, 2.05) is 0 Å². The van der Waals surface area contributed by atoms with Crippen molar-refractivity contribution in [3.63, 3.8) is 0 Å². The minimum absolute atomic E-state index is 0.0127. The van der Waals surface area contributed by atoms with Crippen LogP contribution in [0.1, 0.15) is 38.5 Å². The van der Waals surface area contributed by atoms with Gasteiger partial charge in [0.1, 0.15) is 12.0 Å². The number of nitrogens with one attached hydrogen (secondary N) is 2. The third-order valence-electron chi connectivity index (χ3n) is 4.35. The van der Waals surface area contributed by atoms with Gasteiger partial charge in [0.25, 0.3) is 5.69 Å². The molecule has 2 fully saturated rings. The van der Waals surface area contributed by atoms with Crippen molar-refractivity contribution in [2.24, 2.45) is 5.92 Å². The maximum atomic E-state index is 12.2.